The molecule has 0 unspecified atom stereocenters. The third kappa shape index (κ3) is 6.87. The van der Waals surface area contributed by atoms with Gasteiger partial charge in [0.15, 0.2) is 0 Å². The number of hydrogen-bond acceptors (Lipinski definition) is 5. The standard InChI is InChI=1S/C19H32O5/c1-14(10-20)18(21)16(3)19(24-13-22-4)15(2)11-23-12-17-8-6-5-7-9-17/h5-9,14-16,18-21H,10-13H2,1-4H3/t14-,15-,16+,18-,19-/m1/s1. The van der Waals surface area contributed by atoms with E-state index in [9.17, 15) is 10.2 Å². The molecule has 5 atom stereocenters. The molecule has 0 saturated carbocycles. The summed E-state index contributed by atoms with van der Waals surface area (Å²) >= 11 is 0. The van der Waals surface area contributed by atoms with Crippen molar-refractivity contribution < 1.29 is 24.4 Å². The van der Waals surface area contributed by atoms with Crippen molar-refractivity contribution in [3.05, 3.63) is 35.9 Å². The van der Waals surface area contributed by atoms with Gasteiger partial charge in [-0.2, -0.15) is 0 Å². The summed E-state index contributed by atoms with van der Waals surface area (Å²) in [7, 11) is 1.57. The number of hydrogen-bond donors (Lipinski definition) is 2. The van der Waals surface area contributed by atoms with E-state index in [0.29, 0.717) is 13.2 Å². The van der Waals surface area contributed by atoms with Crippen molar-refractivity contribution in [2.24, 2.45) is 17.8 Å². The highest BCUT2D eigenvalue weighted by Gasteiger charge is 2.32. The number of benzene rings is 1. The average molecular weight is 340 g/mol. The summed E-state index contributed by atoms with van der Waals surface area (Å²) in [5, 5.41) is 19.7. The van der Waals surface area contributed by atoms with Gasteiger partial charge >= 0.3 is 0 Å². The molecule has 0 bridgehead atoms. The molecule has 0 amide bonds. The van der Waals surface area contributed by atoms with Crippen molar-refractivity contribution in [3.8, 4) is 0 Å². The minimum Gasteiger partial charge on any atom is -0.396 e. The van der Waals surface area contributed by atoms with Gasteiger partial charge in [-0.15, -0.1) is 0 Å². The van der Waals surface area contributed by atoms with E-state index in [4.69, 9.17) is 14.2 Å². The molecule has 0 spiro atoms. The van der Waals surface area contributed by atoms with Crippen LogP contribution >= 0.6 is 0 Å². The molecular weight excluding hydrogens is 308 g/mol. The van der Waals surface area contributed by atoms with Crippen LogP contribution in [0.3, 0.4) is 0 Å². The summed E-state index contributed by atoms with van der Waals surface area (Å²) in [6, 6.07) is 10.0. The first-order chi connectivity index (χ1) is 11.5. The second kappa shape index (κ2) is 11.6. The first-order valence-corrected chi connectivity index (χ1v) is 8.52. The summed E-state index contributed by atoms with van der Waals surface area (Å²) in [5.41, 5.74) is 1.13. The quantitative estimate of drug-likeness (QED) is 0.572. The number of aliphatic hydroxyl groups is 2. The Morgan fingerprint density at radius 1 is 1.04 bits per heavy atom. The summed E-state index contributed by atoms with van der Waals surface area (Å²) in [5.74, 6) is -0.261. The van der Waals surface area contributed by atoms with Crippen LogP contribution in [0.1, 0.15) is 26.3 Å². The Bertz CT molecular complexity index is 425. The smallest absolute Gasteiger partial charge is 0.146 e. The first-order valence-electron chi connectivity index (χ1n) is 8.52. The predicted octanol–water partition coefficient (Wildman–Crippen LogP) is 2.45. The van der Waals surface area contributed by atoms with Crippen LogP contribution in [0.4, 0.5) is 0 Å². The third-order valence-corrected chi connectivity index (χ3v) is 4.36. The van der Waals surface area contributed by atoms with Gasteiger partial charge in [0.05, 0.1) is 25.4 Å². The summed E-state index contributed by atoms with van der Waals surface area (Å²) < 4.78 is 16.6. The van der Waals surface area contributed by atoms with Gasteiger partial charge in [0, 0.05) is 31.5 Å². The van der Waals surface area contributed by atoms with Crippen LogP contribution in [0, 0.1) is 17.8 Å². The number of rotatable bonds is 12. The van der Waals surface area contributed by atoms with E-state index in [0.717, 1.165) is 5.56 Å². The van der Waals surface area contributed by atoms with Gasteiger partial charge < -0.3 is 24.4 Å². The van der Waals surface area contributed by atoms with E-state index in [1.54, 1.807) is 7.11 Å². The molecule has 2 N–H and O–H groups in total. The zero-order chi connectivity index (χ0) is 17.9. The van der Waals surface area contributed by atoms with Gasteiger partial charge in [0.25, 0.3) is 0 Å². The van der Waals surface area contributed by atoms with Gasteiger partial charge in [-0.3, -0.25) is 0 Å². The fourth-order valence-electron chi connectivity index (χ4n) is 2.83. The maximum atomic E-state index is 10.4. The maximum absolute atomic E-state index is 10.4. The van der Waals surface area contributed by atoms with Crippen molar-refractivity contribution in [2.45, 2.75) is 39.6 Å². The lowest BCUT2D eigenvalue weighted by Gasteiger charge is -2.34. The molecule has 0 aliphatic carbocycles. The normalized spacial score (nSPS) is 17.9. The molecule has 0 fully saturated rings. The highest BCUT2D eigenvalue weighted by atomic mass is 16.7. The van der Waals surface area contributed by atoms with Gasteiger partial charge in [-0.05, 0) is 5.56 Å². The molecule has 5 nitrogen and oxygen atoms in total. The van der Waals surface area contributed by atoms with Crippen LogP contribution in [-0.2, 0) is 20.8 Å². The van der Waals surface area contributed by atoms with Crippen LogP contribution in [-0.4, -0.2) is 49.5 Å². The van der Waals surface area contributed by atoms with Crippen molar-refractivity contribution >= 4 is 0 Å². The molecule has 0 heterocycles. The maximum Gasteiger partial charge on any atom is 0.146 e. The molecule has 0 saturated heterocycles. The fraction of sp³-hybridized carbons (Fsp3) is 0.684. The van der Waals surface area contributed by atoms with Crippen LogP contribution in [0.15, 0.2) is 30.3 Å². The van der Waals surface area contributed by atoms with Crippen molar-refractivity contribution in [1.82, 2.24) is 0 Å². The van der Waals surface area contributed by atoms with Crippen molar-refractivity contribution in [2.75, 3.05) is 27.1 Å². The molecule has 1 aromatic rings. The van der Waals surface area contributed by atoms with Crippen LogP contribution < -0.4 is 0 Å². The second-order valence-electron chi connectivity index (χ2n) is 6.53. The van der Waals surface area contributed by atoms with Gasteiger partial charge in [0.1, 0.15) is 6.79 Å². The topological polar surface area (TPSA) is 68.2 Å². The molecule has 5 heteroatoms. The lowest BCUT2D eigenvalue weighted by atomic mass is 9.84. The number of aliphatic hydroxyl groups excluding tert-OH is 2. The Hall–Kier alpha value is -0.980. The second-order valence-corrected chi connectivity index (χ2v) is 6.53. The van der Waals surface area contributed by atoms with Crippen molar-refractivity contribution in [3.63, 3.8) is 0 Å². The molecule has 1 rings (SSSR count). The minimum absolute atomic E-state index is 0.0542. The van der Waals surface area contributed by atoms with E-state index in [2.05, 4.69) is 0 Å². The largest absolute Gasteiger partial charge is 0.396 e. The van der Waals surface area contributed by atoms with E-state index in [1.165, 1.54) is 0 Å². The summed E-state index contributed by atoms with van der Waals surface area (Å²) in [6.45, 7) is 6.98. The van der Waals surface area contributed by atoms with E-state index < -0.39 is 6.10 Å². The first kappa shape index (κ1) is 21.1. The minimum atomic E-state index is -0.645. The van der Waals surface area contributed by atoms with Crippen LogP contribution in [0.25, 0.3) is 0 Å². The zero-order valence-electron chi connectivity index (χ0n) is 15.2. The Kier molecular flexibility index (Phi) is 10.1. The van der Waals surface area contributed by atoms with Crippen LogP contribution in [0.5, 0.6) is 0 Å². The van der Waals surface area contributed by atoms with E-state index >= 15 is 0 Å². The fourth-order valence-corrected chi connectivity index (χ4v) is 2.83. The molecule has 24 heavy (non-hydrogen) atoms. The lowest BCUT2D eigenvalue weighted by Crippen LogP contribution is -2.41. The number of ether oxygens (including phenoxy) is 3. The van der Waals surface area contributed by atoms with Gasteiger partial charge in [-0.1, -0.05) is 51.1 Å². The molecule has 0 aliphatic rings. The highest BCUT2D eigenvalue weighted by Crippen LogP contribution is 2.24. The molecule has 1 aromatic carbocycles. The van der Waals surface area contributed by atoms with Gasteiger partial charge in [0.2, 0.25) is 0 Å². The molecule has 0 aromatic heterocycles. The average Bonchev–Trinajstić information content (AvgIpc) is 2.61. The Labute approximate surface area is 145 Å². The predicted molar refractivity (Wildman–Crippen MR) is 93.4 cm³/mol. The van der Waals surface area contributed by atoms with Crippen LogP contribution in [0.2, 0.25) is 0 Å². The Balaban J connectivity index is 2.58. The molecular formula is C19H32O5. The van der Waals surface area contributed by atoms with Gasteiger partial charge in [-0.25, -0.2) is 0 Å². The van der Waals surface area contributed by atoms with Crippen molar-refractivity contribution in [1.29, 1.82) is 0 Å². The van der Waals surface area contributed by atoms with E-state index in [1.807, 2.05) is 51.1 Å². The summed E-state index contributed by atoms with van der Waals surface area (Å²) in [6.07, 6.45) is -0.863. The number of methoxy groups -OCH3 is 1. The zero-order valence-corrected chi connectivity index (χ0v) is 15.2. The van der Waals surface area contributed by atoms with E-state index in [-0.39, 0.29) is 37.3 Å². The molecule has 138 valence electrons. The Morgan fingerprint density at radius 2 is 1.71 bits per heavy atom. The lowest BCUT2D eigenvalue weighted by molar-refractivity contribution is -0.140. The third-order valence-electron chi connectivity index (χ3n) is 4.36. The highest BCUT2D eigenvalue weighted by molar-refractivity contribution is 5.13. The summed E-state index contributed by atoms with van der Waals surface area (Å²) in [4.78, 5) is 0. The molecule has 0 radical (unpaired) electrons. The SMILES string of the molecule is COCO[C@@H]([C@@H](C)[C@H](O)[C@H](C)CO)[C@H](C)COCc1ccccc1. The Morgan fingerprint density at radius 3 is 2.29 bits per heavy atom. The molecule has 0 aliphatic heterocycles. The monoisotopic (exact) mass is 340 g/mol.